The molecule has 0 saturated heterocycles. The molecule has 1 amide bonds. The van der Waals surface area contributed by atoms with E-state index in [1.807, 2.05) is 6.92 Å². The van der Waals surface area contributed by atoms with E-state index in [1.165, 1.54) is 31.4 Å². The first-order chi connectivity index (χ1) is 12.4. The number of benzene rings is 2. The van der Waals surface area contributed by atoms with Crippen LogP contribution in [-0.4, -0.2) is 32.2 Å². The Bertz CT molecular complexity index is 812. The number of hydrogen-bond donors (Lipinski definition) is 1. The van der Waals surface area contributed by atoms with E-state index in [4.69, 9.17) is 25.8 Å². The number of halogens is 2. The second-order valence-electron chi connectivity index (χ2n) is 5.05. The van der Waals surface area contributed by atoms with E-state index in [2.05, 4.69) is 5.32 Å². The van der Waals surface area contributed by atoms with Crippen molar-refractivity contribution in [3.63, 3.8) is 0 Å². The van der Waals surface area contributed by atoms with Crippen LogP contribution in [0.3, 0.4) is 0 Å². The lowest BCUT2D eigenvalue weighted by Gasteiger charge is -2.11. The van der Waals surface area contributed by atoms with Crippen molar-refractivity contribution in [1.29, 1.82) is 0 Å². The largest absolute Gasteiger partial charge is 0.493 e. The van der Waals surface area contributed by atoms with Crippen LogP contribution in [0.2, 0.25) is 5.02 Å². The molecule has 26 heavy (non-hydrogen) atoms. The normalized spacial score (nSPS) is 10.2. The van der Waals surface area contributed by atoms with E-state index in [-0.39, 0.29) is 10.6 Å². The van der Waals surface area contributed by atoms with E-state index in [9.17, 15) is 14.0 Å². The third-order valence-electron chi connectivity index (χ3n) is 3.24. The van der Waals surface area contributed by atoms with Gasteiger partial charge in [-0.25, -0.2) is 9.18 Å². The highest BCUT2D eigenvalue weighted by Gasteiger charge is 2.14. The predicted octanol–water partition coefficient (Wildman–Crippen LogP) is 3.68. The van der Waals surface area contributed by atoms with Crippen LogP contribution in [0, 0.1) is 5.82 Å². The van der Waals surface area contributed by atoms with E-state index < -0.39 is 24.3 Å². The number of carbonyl (C=O) groups is 2. The van der Waals surface area contributed by atoms with Gasteiger partial charge in [0.15, 0.2) is 18.1 Å². The van der Waals surface area contributed by atoms with Crippen molar-refractivity contribution in [3.05, 3.63) is 52.8 Å². The van der Waals surface area contributed by atoms with Crippen LogP contribution < -0.4 is 14.8 Å². The molecule has 0 aliphatic rings. The summed E-state index contributed by atoms with van der Waals surface area (Å²) >= 11 is 5.63. The first kappa shape index (κ1) is 19.5. The van der Waals surface area contributed by atoms with E-state index in [0.29, 0.717) is 23.8 Å². The van der Waals surface area contributed by atoms with Crippen LogP contribution in [0.1, 0.15) is 17.3 Å². The second-order valence-corrected chi connectivity index (χ2v) is 5.46. The molecule has 2 rings (SSSR count). The summed E-state index contributed by atoms with van der Waals surface area (Å²) < 4.78 is 28.6. The quantitative estimate of drug-likeness (QED) is 0.740. The molecule has 0 fully saturated rings. The molecule has 8 heteroatoms. The molecule has 0 radical (unpaired) electrons. The zero-order chi connectivity index (χ0) is 19.1. The molecule has 2 aromatic carbocycles. The van der Waals surface area contributed by atoms with Gasteiger partial charge >= 0.3 is 5.97 Å². The molecule has 2 aromatic rings. The van der Waals surface area contributed by atoms with Crippen molar-refractivity contribution in [2.45, 2.75) is 6.92 Å². The molecule has 0 aliphatic heterocycles. The summed E-state index contributed by atoms with van der Waals surface area (Å²) in [5.41, 5.74) is 0.503. The zero-order valence-corrected chi connectivity index (χ0v) is 14.9. The van der Waals surface area contributed by atoms with Crippen molar-refractivity contribution in [2.75, 3.05) is 25.6 Å². The van der Waals surface area contributed by atoms with Crippen LogP contribution in [0.5, 0.6) is 11.5 Å². The Morgan fingerprint density at radius 1 is 1.15 bits per heavy atom. The lowest BCUT2D eigenvalue weighted by molar-refractivity contribution is -0.119. The van der Waals surface area contributed by atoms with Gasteiger partial charge in [-0.1, -0.05) is 11.6 Å². The van der Waals surface area contributed by atoms with Crippen molar-refractivity contribution in [3.8, 4) is 11.5 Å². The minimum absolute atomic E-state index is 0.124. The van der Waals surface area contributed by atoms with Crippen LogP contribution in [0.15, 0.2) is 36.4 Å². The van der Waals surface area contributed by atoms with Crippen molar-refractivity contribution in [2.24, 2.45) is 0 Å². The van der Waals surface area contributed by atoms with E-state index in [1.54, 1.807) is 6.07 Å². The maximum Gasteiger partial charge on any atom is 0.338 e. The Morgan fingerprint density at radius 3 is 2.58 bits per heavy atom. The summed E-state index contributed by atoms with van der Waals surface area (Å²) in [4.78, 5) is 23.9. The topological polar surface area (TPSA) is 73.9 Å². The minimum Gasteiger partial charge on any atom is -0.493 e. The monoisotopic (exact) mass is 381 g/mol. The molecule has 0 atom stereocenters. The highest BCUT2D eigenvalue weighted by Crippen LogP contribution is 2.28. The van der Waals surface area contributed by atoms with Crippen LogP contribution in [0.4, 0.5) is 10.1 Å². The number of esters is 1. The number of carbonyl (C=O) groups excluding carboxylic acids is 2. The van der Waals surface area contributed by atoms with E-state index >= 15 is 0 Å². The molecule has 0 aliphatic carbocycles. The Kier molecular flexibility index (Phi) is 6.80. The van der Waals surface area contributed by atoms with Gasteiger partial charge in [-0.3, -0.25) is 4.79 Å². The average molecular weight is 382 g/mol. The fourth-order valence-corrected chi connectivity index (χ4v) is 2.24. The standard InChI is InChI=1S/C18H17ClFNO5/c1-3-25-15-7-4-11(8-16(15)24-2)18(23)26-10-17(22)21-12-5-6-14(20)13(19)9-12/h4-9H,3,10H2,1-2H3,(H,21,22). The van der Waals surface area contributed by atoms with Crippen molar-refractivity contribution >= 4 is 29.2 Å². The van der Waals surface area contributed by atoms with Gasteiger partial charge in [-0.05, 0) is 43.3 Å². The molecule has 6 nitrogen and oxygen atoms in total. The van der Waals surface area contributed by atoms with Gasteiger partial charge in [0, 0.05) is 5.69 Å². The molecule has 0 bridgehead atoms. The van der Waals surface area contributed by atoms with Gasteiger partial charge in [0.2, 0.25) is 0 Å². The minimum atomic E-state index is -0.696. The van der Waals surface area contributed by atoms with Gasteiger partial charge in [-0.15, -0.1) is 0 Å². The highest BCUT2D eigenvalue weighted by molar-refractivity contribution is 6.31. The van der Waals surface area contributed by atoms with Crippen LogP contribution in [0.25, 0.3) is 0 Å². The molecular weight excluding hydrogens is 365 g/mol. The lowest BCUT2D eigenvalue weighted by Crippen LogP contribution is -2.21. The highest BCUT2D eigenvalue weighted by atomic mass is 35.5. The predicted molar refractivity (Wildman–Crippen MR) is 94.5 cm³/mol. The maximum absolute atomic E-state index is 13.1. The molecule has 0 aromatic heterocycles. The third kappa shape index (κ3) is 5.10. The molecule has 0 unspecified atom stereocenters. The summed E-state index contributed by atoms with van der Waals surface area (Å²) in [5.74, 6) is -0.998. The van der Waals surface area contributed by atoms with Crippen molar-refractivity contribution in [1.82, 2.24) is 0 Å². The number of methoxy groups -OCH3 is 1. The van der Waals surface area contributed by atoms with Gasteiger partial charge < -0.3 is 19.5 Å². The molecule has 0 heterocycles. The number of amides is 1. The maximum atomic E-state index is 13.1. The van der Waals surface area contributed by atoms with E-state index in [0.717, 1.165) is 6.07 Å². The fraction of sp³-hybridized carbons (Fsp3) is 0.222. The Labute approximate surface area is 154 Å². The van der Waals surface area contributed by atoms with Crippen molar-refractivity contribution < 1.29 is 28.2 Å². The Balaban J connectivity index is 1.95. The molecule has 138 valence electrons. The summed E-state index contributed by atoms with van der Waals surface area (Å²) in [6, 6.07) is 8.28. The summed E-state index contributed by atoms with van der Waals surface area (Å²) in [7, 11) is 1.45. The summed E-state index contributed by atoms with van der Waals surface area (Å²) in [6.07, 6.45) is 0. The van der Waals surface area contributed by atoms with Crippen LogP contribution >= 0.6 is 11.6 Å². The van der Waals surface area contributed by atoms with Gasteiger partial charge in [0.25, 0.3) is 5.91 Å². The summed E-state index contributed by atoms with van der Waals surface area (Å²) in [5, 5.41) is 2.33. The Hall–Kier alpha value is -2.80. The number of hydrogen-bond acceptors (Lipinski definition) is 5. The zero-order valence-electron chi connectivity index (χ0n) is 14.2. The fourth-order valence-electron chi connectivity index (χ4n) is 2.05. The number of ether oxygens (including phenoxy) is 3. The average Bonchev–Trinajstić information content (AvgIpc) is 2.63. The molecule has 0 spiro atoms. The number of anilines is 1. The third-order valence-corrected chi connectivity index (χ3v) is 3.53. The summed E-state index contributed by atoms with van der Waals surface area (Å²) in [6.45, 7) is 1.77. The van der Waals surface area contributed by atoms with Gasteiger partial charge in [-0.2, -0.15) is 0 Å². The molecular formula is C18H17ClFNO5. The first-order valence-electron chi connectivity index (χ1n) is 7.67. The SMILES string of the molecule is CCOc1ccc(C(=O)OCC(=O)Nc2ccc(F)c(Cl)c2)cc1OC. The number of nitrogens with one attached hydrogen (secondary N) is 1. The van der Waals surface area contributed by atoms with Gasteiger partial charge in [0.1, 0.15) is 5.82 Å². The second kappa shape index (κ2) is 9.05. The lowest BCUT2D eigenvalue weighted by atomic mass is 10.2. The first-order valence-corrected chi connectivity index (χ1v) is 8.05. The van der Waals surface area contributed by atoms with Crippen LogP contribution in [-0.2, 0) is 9.53 Å². The Morgan fingerprint density at radius 2 is 1.92 bits per heavy atom. The smallest absolute Gasteiger partial charge is 0.338 e. The van der Waals surface area contributed by atoms with Gasteiger partial charge in [0.05, 0.1) is 24.3 Å². The molecule has 0 saturated carbocycles. The number of rotatable bonds is 7. The molecule has 1 N–H and O–H groups in total.